The third-order valence-electron chi connectivity index (χ3n) is 3.80. The molecule has 0 amide bonds. The molecule has 1 aromatic carbocycles. The van der Waals surface area contributed by atoms with Gasteiger partial charge in [0.1, 0.15) is 14.0 Å². The molecule has 9 heteroatoms. The summed E-state index contributed by atoms with van der Waals surface area (Å²) in [6, 6.07) is 5.31. The number of rotatable bonds is 9. The topological polar surface area (TPSA) is 79.7 Å². The fraction of sp³-hybridized carbons (Fsp3) is 0.474. The standard InChI is InChI=1S/C14H23N4O3P.C5H8S/c1-17(2)9-3-7-15-13-6-5-12(11-14(13)18(19)20)22-16-8-4-10-21-22;1-4-5(2)6-3/h5-6,11,15-16H,3-4,7-10H2,1-2H3;4H,1-2H2,3H3. The third-order valence-corrected chi connectivity index (χ3v) is 6.19. The van der Waals surface area contributed by atoms with Gasteiger partial charge in [-0.2, -0.15) is 0 Å². The average Bonchev–Trinajstić information content (AvgIpc) is 2.71. The molecule has 1 aromatic rings. The lowest BCUT2D eigenvalue weighted by molar-refractivity contribution is -0.383. The van der Waals surface area contributed by atoms with Crippen LogP contribution in [0.3, 0.4) is 0 Å². The highest BCUT2D eigenvalue weighted by Gasteiger charge is 2.21. The molecule has 1 aliphatic rings. The van der Waals surface area contributed by atoms with Gasteiger partial charge in [-0.3, -0.25) is 15.2 Å². The monoisotopic (exact) mass is 426 g/mol. The minimum absolute atomic E-state index is 0.112. The predicted molar refractivity (Wildman–Crippen MR) is 123 cm³/mol. The van der Waals surface area contributed by atoms with Gasteiger partial charge in [0.25, 0.3) is 5.69 Å². The van der Waals surface area contributed by atoms with Crippen LogP contribution < -0.4 is 15.7 Å². The molecule has 2 N–H and O–H groups in total. The zero-order valence-corrected chi connectivity index (χ0v) is 18.7. The highest BCUT2D eigenvalue weighted by atomic mass is 32.2. The number of nitrogens with one attached hydrogen (secondary N) is 2. The summed E-state index contributed by atoms with van der Waals surface area (Å²) >= 11 is 1.61. The van der Waals surface area contributed by atoms with Crippen molar-refractivity contribution in [3.63, 3.8) is 0 Å². The zero-order chi connectivity index (χ0) is 20.9. The minimum atomic E-state index is -0.934. The van der Waals surface area contributed by atoms with E-state index in [4.69, 9.17) is 4.52 Å². The van der Waals surface area contributed by atoms with Gasteiger partial charge in [-0.1, -0.05) is 19.2 Å². The van der Waals surface area contributed by atoms with Crippen molar-refractivity contribution in [2.24, 2.45) is 0 Å². The summed E-state index contributed by atoms with van der Waals surface area (Å²) in [5.74, 6) is 0. The van der Waals surface area contributed by atoms with Crippen LogP contribution >= 0.6 is 20.1 Å². The molecule has 7 nitrogen and oxygen atoms in total. The lowest BCUT2D eigenvalue weighted by Crippen LogP contribution is -2.24. The van der Waals surface area contributed by atoms with E-state index in [1.165, 1.54) is 0 Å². The molecule has 156 valence electrons. The Morgan fingerprint density at radius 1 is 1.54 bits per heavy atom. The second kappa shape index (κ2) is 13.7. The zero-order valence-electron chi connectivity index (χ0n) is 16.9. The van der Waals surface area contributed by atoms with Crippen LogP contribution in [0.5, 0.6) is 0 Å². The Balaban J connectivity index is 0.000000568. The highest BCUT2D eigenvalue weighted by Crippen LogP contribution is 2.36. The van der Waals surface area contributed by atoms with Crippen LogP contribution in [-0.2, 0) is 4.52 Å². The van der Waals surface area contributed by atoms with Crippen LogP contribution in [0, 0.1) is 10.1 Å². The molecular weight excluding hydrogens is 395 g/mol. The van der Waals surface area contributed by atoms with E-state index in [9.17, 15) is 10.1 Å². The summed E-state index contributed by atoms with van der Waals surface area (Å²) in [4.78, 5) is 14.1. The summed E-state index contributed by atoms with van der Waals surface area (Å²) in [5, 5.41) is 18.6. The van der Waals surface area contributed by atoms with Crippen LogP contribution in [0.15, 0.2) is 42.3 Å². The second-order valence-electron chi connectivity index (χ2n) is 6.31. The van der Waals surface area contributed by atoms with E-state index in [1.54, 1.807) is 30.0 Å². The van der Waals surface area contributed by atoms with Crippen LogP contribution in [0.4, 0.5) is 11.4 Å². The van der Waals surface area contributed by atoms with Crippen molar-refractivity contribution < 1.29 is 9.45 Å². The van der Waals surface area contributed by atoms with E-state index in [0.29, 0.717) is 18.8 Å². The first kappa shape index (κ1) is 24.6. The average molecular weight is 427 g/mol. The van der Waals surface area contributed by atoms with Crippen LogP contribution in [0.1, 0.15) is 12.8 Å². The highest BCUT2D eigenvalue weighted by molar-refractivity contribution is 8.02. The number of benzene rings is 1. The SMILES string of the molecule is C=CC(=C)SC.CN(C)CCCNc1ccc(P2NCCCO2)cc1[N+](=O)[O-]. The van der Waals surface area contributed by atoms with Crippen molar-refractivity contribution in [2.75, 3.05) is 51.9 Å². The van der Waals surface area contributed by atoms with E-state index in [1.807, 2.05) is 26.4 Å². The molecule has 0 radical (unpaired) electrons. The fourth-order valence-corrected chi connectivity index (χ4v) is 3.98. The number of hydrogen-bond donors (Lipinski definition) is 2. The number of allylic oxidation sites excluding steroid dienone is 1. The van der Waals surface area contributed by atoms with Gasteiger partial charge in [-0.15, -0.1) is 11.8 Å². The number of nitro groups is 1. The van der Waals surface area contributed by atoms with Gasteiger partial charge in [0.15, 0.2) is 0 Å². The van der Waals surface area contributed by atoms with Crippen LogP contribution in [0.25, 0.3) is 0 Å². The maximum Gasteiger partial charge on any atom is 0.293 e. The molecule has 1 unspecified atom stereocenters. The minimum Gasteiger partial charge on any atom is -0.379 e. The summed E-state index contributed by atoms with van der Waals surface area (Å²) in [5.41, 5.74) is 0.681. The first-order chi connectivity index (χ1) is 13.4. The van der Waals surface area contributed by atoms with E-state index in [-0.39, 0.29) is 10.6 Å². The molecule has 1 aliphatic heterocycles. The van der Waals surface area contributed by atoms with E-state index < -0.39 is 8.30 Å². The largest absolute Gasteiger partial charge is 0.379 e. The fourth-order valence-electron chi connectivity index (χ4n) is 2.27. The molecular formula is C19H31N4O3PS. The molecule has 0 saturated carbocycles. The van der Waals surface area contributed by atoms with Gasteiger partial charge in [-0.25, -0.2) is 0 Å². The lowest BCUT2D eigenvalue weighted by Gasteiger charge is -2.23. The van der Waals surface area contributed by atoms with Crippen molar-refractivity contribution in [2.45, 2.75) is 12.8 Å². The normalized spacial score (nSPS) is 16.1. The molecule has 0 aliphatic carbocycles. The maximum absolute atomic E-state index is 11.3. The Bertz CT molecular complexity index is 652. The third kappa shape index (κ3) is 9.17. The lowest BCUT2D eigenvalue weighted by atomic mass is 10.2. The Kier molecular flexibility index (Phi) is 12.0. The molecule has 2 rings (SSSR count). The second-order valence-corrected chi connectivity index (χ2v) is 8.92. The molecule has 0 bridgehead atoms. The smallest absolute Gasteiger partial charge is 0.293 e. The maximum atomic E-state index is 11.3. The number of anilines is 1. The van der Waals surface area contributed by atoms with Crippen molar-refractivity contribution in [1.29, 1.82) is 0 Å². The summed E-state index contributed by atoms with van der Waals surface area (Å²) in [6.07, 6.45) is 5.63. The van der Waals surface area contributed by atoms with E-state index >= 15 is 0 Å². The number of thioether (sulfide) groups is 1. The van der Waals surface area contributed by atoms with Crippen LogP contribution in [-0.4, -0.2) is 56.4 Å². The Morgan fingerprint density at radius 3 is 2.79 bits per heavy atom. The molecule has 1 heterocycles. The summed E-state index contributed by atoms with van der Waals surface area (Å²) in [7, 11) is 3.09. The van der Waals surface area contributed by atoms with Crippen molar-refractivity contribution in [3.05, 3.63) is 52.5 Å². The number of nitro benzene ring substituents is 1. The van der Waals surface area contributed by atoms with Crippen molar-refractivity contribution in [3.8, 4) is 0 Å². The number of hydrogen-bond acceptors (Lipinski definition) is 7. The van der Waals surface area contributed by atoms with Gasteiger partial charge in [0.2, 0.25) is 0 Å². The molecule has 0 spiro atoms. The molecule has 1 saturated heterocycles. The van der Waals surface area contributed by atoms with Gasteiger partial charge in [0, 0.05) is 24.5 Å². The molecule has 0 aromatic heterocycles. The first-order valence-corrected chi connectivity index (χ1v) is 11.6. The molecule has 1 fully saturated rings. The summed E-state index contributed by atoms with van der Waals surface area (Å²) in [6.45, 7) is 10.4. The van der Waals surface area contributed by atoms with Gasteiger partial charge in [0.05, 0.1) is 11.5 Å². The van der Waals surface area contributed by atoms with Crippen LogP contribution in [0.2, 0.25) is 0 Å². The molecule has 28 heavy (non-hydrogen) atoms. The van der Waals surface area contributed by atoms with Gasteiger partial charge in [-0.05, 0) is 56.8 Å². The quantitative estimate of drug-likeness (QED) is 0.203. The van der Waals surface area contributed by atoms with Crippen molar-refractivity contribution in [1.82, 2.24) is 9.99 Å². The number of nitrogens with zero attached hydrogens (tertiary/aromatic N) is 2. The van der Waals surface area contributed by atoms with E-state index in [2.05, 4.69) is 28.5 Å². The van der Waals surface area contributed by atoms with Gasteiger partial charge < -0.3 is 14.7 Å². The predicted octanol–water partition coefficient (Wildman–Crippen LogP) is 3.95. The Hall–Kier alpha value is -1.44. The van der Waals surface area contributed by atoms with Gasteiger partial charge >= 0.3 is 0 Å². The Labute approximate surface area is 173 Å². The first-order valence-electron chi connectivity index (χ1n) is 9.08. The molecule has 1 atom stereocenters. The summed E-state index contributed by atoms with van der Waals surface area (Å²) < 4.78 is 5.67. The Morgan fingerprint density at radius 2 is 2.29 bits per heavy atom. The van der Waals surface area contributed by atoms with Crippen molar-refractivity contribution >= 4 is 36.7 Å². The van der Waals surface area contributed by atoms with E-state index in [0.717, 1.165) is 36.1 Å².